The predicted molar refractivity (Wildman–Crippen MR) is 78.6 cm³/mol. The number of halogens is 1. The van der Waals surface area contributed by atoms with E-state index in [2.05, 4.69) is 29.3 Å². The molecule has 1 aromatic carbocycles. The van der Waals surface area contributed by atoms with E-state index >= 15 is 0 Å². The smallest absolute Gasteiger partial charge is 0.0741 e. The van der Waals surface area contributed by atoms with Crippen LogP contribution >= 0.6 is 11.6 Å². The minimum Gasteiger partial charge on any atom is -0.377 e. The lowest BCUT2D eigenvalue weighted by Gasteiger charge is -2.21. The van der Waals surface area contributed by atoms with Crippen molar-refractivity contribution in [1.29, 1.82) is 0 Å². The third-order valence-electron chi connectivity index (χ3n) is 3.03. The van der Waals surface area contributed by atoms with Crippen molar-refractivity contribution in [1.82, 2.24) is 10.3 Å². The number of hydrogen-bond donors (Lipinski definition) is 1. The number of hydrogen-bond acceptors (Lipinski definition) is 3. The summed E-state index contributed by atoms with van der Waals surface area (Å²) in [5.74, 6) is 0. The lowest BCUT2D eigenvalue weighted by molar-refractivity contribution is 0.804. The van der Waals surface area contributed by atoms with Gasteiger partial charge in [0.05, 0.1) is 11.2 Å². The average molecular weight is 264 g/mol. The third-order valence-corrected chi connectivity index (χ3v) is 3.26. The van der Waals surface area contributed by atoms with E-state index in [1.807, 2.05) is 32.2 Å². The number of aromatic nitrogens is 1. The summed E-state index contributed by atoms with van der Waals surface area (Å²) in [7, 11) is 6.06. The molecule has 2 aromatic rings. The highest BCUT2D eigenvalue weighted by molar-refractivity contribution is 6.31. The van der Waals surface area contributed by atoms with Gasteiger partial charge in [0, 0.05) is 42.3 Å². The number of rotatable bonds is 3. The Hall–Kier alpha value is -1.32. The maximum Gasteiger partial charge on any atom is 0.0741 e. The minimum atomic E-state index is 0.723. The maximum atomic E-state index is 6.04. The molecular weight excluding hydrogens is 246 g/mol. The van der Waals surface area contributed by atoms with Gasteiger partial charge < -0.3 is 10.2 Å². The summed E-state index contributed by atoms with van der Waals surface area (Å²) in [5, 5.41) is 5.07. The van der Waals surface area contributed by atoms with Crippen molar-refractivity contribution in [2.24, 2.45) is 0 Å². The van der Waals surface area contributed by atoms with Crippen molar-refractivity contribution < 1.29 is 0 Å². The molecule has 0 saturated heterocycles. The monoisotopic (exact) mass is 263 g/mol. The molecule has 18 heavy (non-hydrogen) atoms. The van der Waals surface area contributed by atoms with Gasteiger partial charge in [-0.25, -0.2) is 0 Å². The number of pyridine rings is 1. The van der Waals surface area contributed by atoms with Crippen molar-refractivity contribution >= 4 is 28.2 Å². The Morgan fingerprint density at radius 2 is 2.06 bits per heavy atom. The molecule has 0 spiro atoms. The highest BCUT2D eigenvalue weighted by Gasteiger charge is 2.13. The van der Waals surface area contributed by atoms with Gasteiger partial charge in [-0.1, -0.05) is 11.6 Å². The summed E-state index contributed by atoms with van der Waals surface area (Å²) >= 11 is 6.04. The van der Waals surface area contributed by atoms with E-state index in [0.717, 1.165) is 28.2 Å². The topological polar surface area (TPSA) is 28.2 Å². The number of benzene rings is 1. The second-order valence-corrected chi connectivity index (χ2v) is 5.05. The molecule has 0 fully saturated rings. The van der Waals surface area contributed by atoms with Crippen LogP contribution in [0.4, 0.5) is 5.69 Å². The fourth-order valence-corrected chi connectivity index (χ4v) is 2.45. The molecule has 0 saturated carbocycles. The van der Waals surface area contributed by atoms with E-state index in [-0.39, 0.29) is 0 Å². The van der Waals surface area contributed by atoms with Gasteiger partial charge in [-0.3, -0.25) is 4.98 Å². The molecular formula is C14H18ClN3. The Balaban J connectivity index is 2.80. The second kappa shape index (κ2) is 5.12. The molecule has 4 heteroatoms. The first-order valence-corrected chi connectivity index (χ1v) is 6.33. The number of nitrogens with one attached hydrogen (secondary N) is 1. The molecule has 1 aromatic heterocycles. The molecule has 0 aliphatic heterocycles. The van der Waals surface area contributed by atoms with Gasteiger partial charge in [0.25, 0.3) is 0 Å². The van der Waals surface area contributed by atoms with Gasteiger partial charge in [-0.15, -0.1) is 0 Å². The van der Waals surface area contributed by atoms with Crippen molar-refractivity contribution in [3.05, 3.63) is 34.5 Å². The minimum absolute atomic E-state index is 0.723. The first kappa shape index (κ1) is 13.1. The van der Waals surface area contributed by atoms with Crippen LogP contribution in [0.15, 0.2) is 18.2 Å². The Kier molecular flexibility index (Phi) is 3.73. The summed E-state index contributed by atoms with van der Waals surface area (Å²) in [6, 6.07) is 5.87. The Labute approximate surface area is 113 Å². The third kappa shape index (κ3) is 2.28. The Morgan fingerprint density at radius 3 is 2.67 bits per heavy atom. The Morgan fingerprint density at radius 1 is 1.33 bits per heavy atom. The van der Waals surface area contributed by atoms with Gasteiger partial charge in [0.1, 0.15) is 0 Å². The van der Waals surface area contributed by atoms with E-state index in [1.165, 1.54) is 11.3 Å². The SMILES string of the molecule is CNCc1c(C)nc2cc(Cl)ccc2c1N(C)C. The average Bonchev–Trinajstić information content (AvgIpc) is 2.29. The standard InChI is InChI=1S/C14H18ClN3/c1-9-12(8-16-2)14(18(3)4)11-6-5-10(15)7-13(11)17-9/h5-7,16H,8H2,1-4H3. The molecule has 0 amide bonds. The van der Waals surface area contributed by atoms with Crippen LogP contribution in [0.3, 0.4) is 0 Å². The highest BCUT2D eigenvalue weighted by atomic mass is 35.5. The molecule has 0 radical (unpaired) electrons. The second-order valence-electron chi connectivity index (χ2n) is 4.61. The summed E-state index contributed by atoms with van der Waals surface area (Å²) in [5.41, 5.74) is 4.44. The van der Waals surface area contributed by atoms with Crippen molar-refractivity contribution in [2.75, 3.05) is 26.0 Å². The lowest BCUT2D eigenvalue weighted by Crippen LogP contribution is -2.17. The summed E-state index contributed by atoms with van der Waals surface area (Å²) < 4.78 is 0. The molecule has 0 aliphatic rings. The van der Waals surface area contributed by atoms with Crippen molar-refractivity contribution in [3.8, 4) is 0 Å². The predicted octanol–water partition coefficient (Wildman–Crippen LogP) is 2.98. The van der Waals surface area contributed by atoms with Crippen LogP contribution in [0.2, 0.25) is 5.02 Å². The van der Waals surface area contributed by atoms with Crippen LogP contribution in [0.25, 0.3) is 10.9 Å². The van der Waals surface area contributed by atoms with Crippen LogP contribution in [-0.4, -0.2) is 26.1 Å². The van der Waals surface area contributed by atoms with E-state index in [0.29, 0.717) is 0 Å². The highest BCUT2D eigenvalue weighted by Crippen LogP contribution is 2.31. The van der Waals surface area contributed by atoms with Crippen molar-refractivity contribution in [3.63, 3.8) is 0 Å². The normalized spacial score (nSPS) is 10.9. The molecule has 0 bridgehead atoms. The van der Waals surface area contributed by atoms with Crippen LogP contribution in [0, 0.1) is 6.92 Å². The fraction of sp³-hybridized carbons (Fsp3) is 0.357. The van der Waals surface area contributed by atoms with Crippen LogP contribution in [0.1, 0.15) is 11.3 Å². The summed E-state index contributed by atoms with van der Waals surface area (Å²) in [4.78, 5) is 6.78. The van der Waals surface area contributed by atoms with Gasteiger partial charge in [0.15, 0.2) is 0 Å². The molecule has 3 nitrogen and oxygen atoms in total. The van der Waals surface area contributed by atoms with Crippen LogP contribution in [-0.2, 0) is 6.54 Å². The van der Waals surface area contributed by atoms with E-state index in [9.17, 15) is 0 Å². The van der Waals surface area contributed by atoms with Crippen molar-refractivity contribution in [2.45, 2.75) is 13.5 Å². The van der Waals surface area contributed by atoms with E-state index in [1.54, 1.807) is 0 Å². The number of nitrogens with zero attached hydrogens (tertiary/aromatic N) is 2. The molecule has 96 valence electrons. The summed E-state index contributed by atoms with van der Waals surface area (Å²) in [6.07, 6.45) is 0. The fourth-order valence-electron chi connectivity index (χ4n) is 2.28. The number of aryl methyl sites for hydroxylation is 1. The largest absolute Gasteiger partial charge is 0.377 e. The molecule has 1 N–H and O–H groups in total. The van der Waals surface area contributed by atoms with Crippen LogP contribution in [0.5, 0.6) is 0 Å². The molecule has 1 heterocycles. The lowest BCUT2D eigenvalue weighted by atomic mass is 10.1. The maximum absolute atomic E-state index is 6.04. The number of fused-ring (bicyclic) bond motifs is 1. The van der Waals surface area contributed by atoms with E-state index in [4.69, 9.17) is 11.6 Å². The van der Waals surface area contributed by atoms with Gasteiger partial charge in [-0.2, -0.15) is 0 Å². The zero-order valence-electron chi connectivity index (χ0n) is 11.2. The van der Waals surface area contributed by atoms with Gasteiger partial charge in [0.2, 0.25) is 0 Å². The quantitative estimate of drug-likeness (QED) is 0.923. The van der Waals surface area contributed by atoms with Gasteiger partial charge >= 0.3 is 0 Å². The first-order valence-electron chi connectivity index (χ1n) is 5.95. The van der Waals surface area contributed by atoms with Gasteiger partial charge in [-0.05, 0) is 32.2 Å². The summed E-state index contributed by atoms with van der Waals surface area (Å²) in [6.45, 7) is 2.85. The first-order chi connectivity index (χ1) is 8.54. The van der Waals surface area contributed by atoms with Crippen LogP contribution < -0.4 is 10.2 Å². The number of anilines is 1. The zero-order chi connectivity index (χ0) is 13.3. The molecule has 0 aliphatic carbocycles. The van der Waals surface area contributed by atoms with E-state index < -0.39 is 0 Å². The molecule has 0 unspecified atom stereocenters. The zero-order valence-corrected chi connectivity index (χ0v) is 12.0. The Bertz CT molecular complexity index is 579. The molecule has 2 rings (SSSR count). The molecule has 0 atom stereocenters.